The van der Waals surface area contributed by atoms with Gasteiger partial charge < -0.3 is 30.5 Å². The maximum atomic E-state index is 5.48. The van der Waals surface area contributed by atoms with Gasteiger partial charge in [-0.15, -0.1) is 0 Å². The predicted octanol–water partition coefficient (Wildman–Crippen LogP) is 1.07. The molecule has 2 fully saturated rings. The molecule has 0 saturated carbocycles. The van der Waals surface area contributed by atoms with E-state index in [0.717, 1.165) is 82.9 Å². The fourth-order valence-electron chi connectivity index (χ4n) is 4.14. The Bertz CT molecular complexity index is 814. The van der Waals surface area contributed by atoms with E-state index in [0.29, 0.717) is 0 Å². The Morgan fingerprint density at radius 1 is 0.857 bits per heavy atom. The maximum absolute atomic E-state index is 5.48. The van der Waals surface area contributed by atoms with Gasteiger partial charge in [-0.3, -0.25) is 0 Å². The zero-order chi connectivity index (χ0) is 18.8. The molecule has 8 nitrogen and oxygen atoms in total. The molecule has 5 heterocycles. The first-order valence-corrected chi connectivity index (χ1v) is 10.1. The molecule has 0 spiro atoms. The SMILES string of the molecule is c1cc(Nc2cnc(N3CCOCC3)c3c2CNC3)ncc1N1CCNCC1. The van der Waals surface area contributed by atoms with Crippen molar-refractivity contribution in [2.75, 3.05) is 67.6 Å². The predicted molar refractivity (Wildman–Crippen MR) is 110 cm³/mol. The molecule has 8 heteroatoms. The van der Waals surface area contributed by atoms with Crippen LogP contribution in [0.2, 0.25) is 0 Å². The second-order valence-electron chi connectivity index (χ2n) is 7.42. The molecule has 2 saturated heterocycles. The van der Waals surface area contributed by atoms with Gasteiger partial charge in [0, 0.05) is 57.9 Å². The Morgan fingerprint density at radius 2 is 1.68 bits per heavy atom. The highest BCUT2D eigenvalue weighted by atomic mass is 16.5. The fraction of sp³-hybridized carbons (Fsp3) is 0.500. The molecule has 0 unspecified atom stereocenters. The van der Waals surface area contributed by atoms with E-state index in [-0.39, 0.29) is 0 Å². The molecule has 2 aromatic rings. The second-order valence-corrected chi connectivity index (χ2v) is 7.42. The van der Waals surface area contributed by atoms with Gasteiger partial charge in [-0.1, -0.05) is 0 Å². The summed E-state index contributed by atoms with van der Waals surface area (Å²) in [6.45, 7) is 9.18. The molecule has 0 radical (unpaired) electrons. The van der Waals surface area contributed by atoms with Crippen molar-refractivity contribution >= 4 is 23.0 Å². The summed E-state index contributed by atoms with van der Waals surface area (Å²) < 4.78 is 5.48. The Hall–Kier alpha value is -2.42. The van der Waals surface area contributed by atoms with Crippen molar-refractivity contribution < 1.29 is 4.74 Å². The number of hydrogen-bond donors (Lipinski definition) is 3. The molecule has 28 heavy (non-hydrogen) atoms. The summed E-state index contributed by atoms with van der Waals surface area (Å²) >= 11 is 0. The minimum absolute atomic E-state index is 0.771. The van der Waals surface area contributed by atoms with Crippen LogP contribution in [0.25, 0.3) is 0 Å². The van der Waals surface area contributed by atoms with Gasteiger partial charge >= 0.3 is 0 Å². The molecule has 0 aromatic carbocycles. The second kappa shape index (κ2) is 7.90. The van der Waals surface area contributed by atoms with Crippen LogP contribution in [0.15, 0.2) is 24.5 Å². The first-order chi connectivity index (χ1) is 13.9. The highest BCUT2D eigenvalue weighted by molar-refractivity contribution is 5.68. The number of fused-ring (bicyclic) bond motifs is 1. The first-order valence-electron chi connectivity index (χ1n) is 10.1. The van der Waals surface area contributed by atoms with Gasteiger partial charge in [0.05, 0.1) is 37.0 Å². The number of rotatable bonds is 4. The van der Waals surface area contributed by atoms with Gasteiger partial charge in [0.1, 0.15) is 11.6 Å². The molecule has 0 aliphatic carbocycles. The maximum Gasteiger partial charge on any atom is 0.133 e. The Balaban J connectivity index is 1.34. The average molecular weight is 381 g/mol. The highest BCUT2D eigenvalue weighted by Gasteiger charge is 2.24. The number of anilines is 4. The number of nitrogens with one attached hydrogen (secondary N) is 3. The molecule has 0 atom stereocenters. The Morgan fingerprint density at radius 3 is 2.46 bits per heavy atom. The lowest BCUT2D eigenvalue weighted by Crippen LogP contribution is -2.43. The quantitative estimate of drug-likeness (QED) is 0.726. The van der Waals surface area contributed by atoms with Gasteiger partial charge in [0.2, 0.25) is 0 Å². The molecule has 0 bridgehead atoms. The standard InChI is InChI=1S/C20H27N7O/c1-2-19(23-11-15(1)26-5-3-21-4-6-26)25-18-14-24-20(17-13-22-12-16(17)18)27-7-9-28-10-8-27/h1-2,11,14,21-22H,3-10,12-13H2,(H,23,25). The number of nitrogens with zero attached hydrogens (tertiary/aromatic N) is 4. The van der Waals surface area contributed by atoms with Crippen molar-refractivity contribution in [3.05, 3.63) is 35.7 Å². The van der Waals surface area contributed by atoms with Crippen LogP contribution in [-0.2, 0) is 17.8 Å². The zero-order valence-electron chi connectivity index (χ0n) is 16.1. The summed E-state index contributed by atoms with van der Waals surface area (Å²) in [5, 5.41) is 10.3. The first kappa shape index (κ1) is 17.7. The highest BCUT2D eigenvalue weighted by Crippen LogP contribution is 2.32. The summed E-state index contributed by atoms with van der Waals surface area (Å²) in [7, 11) is 0. The van der Waals surface area contributed by atoms with Crippen LogP contribution in [0.4, 0.5) is 23.0 Å². The van der Waals surface area contributed by atoms with E-state index in [1.807, 2.05) is 12.4 Å². The topological polar surface area (TPSA) is 77.6 Å². The fourth-order valence-corrected chi connectivity index (χ4v) is 4.14. The van der Waals surface area contributed by atoms with Crippen molar-refractivity contribution in [1.82, 2.24) is 20.6 Å². The smallest absolute Gasteiger partial charge is 0.133 e. The van der Waals surface area contributed by atoms with Crippen LogP contribution in [-0.4, -0.2) is 62.5 Å². The molecule has 5 rings (SSSR count). The third-order valence-corrected chi connectivity index (χ3v) is 5.68. The van der Waals surface area contributed by atoms with Crippen molar-refractivity contribution in [3.63, 3.8) is 0 Å². The molecular formula is C20H27N7O. The van der Waals surface area contributed by atoms with Crippen molar-refractivity contribution in [3.8, 4) is 0 Å². The molecule has 2 aromatic heterocycles. The molecule has 3 aliphatic heterocycles. The Labute approximate surface area is 165 Å². The van der Waals surface area contributed by atoms with E-state index < -0.39 is 0 Å². The van der Waals surface area contributed by atoms with Crippen molar-refractivity contribution in [2.24, 2.45) is 0 Å². The van der Waals surface area contributed by atoms with E-state index in [1.54, 1.807) is 0 Å². The number of piperazine rings is 1. The van der Waals surface area contributed by atoms with Crippen molar-refractivity contribution in [2.45, 2.75) is 13.1 Å². The molecule has 3 aliphatic rings. The summed E-state index contributed by atoms with van der Waals surface area (Å²) in [5.41, 5.74) is 4.81. The van der Waals surface area contributed by atoms with E-state index >= 15 is 0 Å². The summed E-state index contributed by atoms with van der Waals surface area (Å²) in [5.74, 6) is 1.95. The van der Waals surface area contributed by atoms with Crippen LogP contribution in [0, 0.1) is 0 Å². The van der Waals surface area contributed by atoms with Crippen LogP contribution in [0.3, 0.4) is 0 Å². The molecule has 3 N–H and O–H groups in total. The minimum atomic E-state index is 0.771. The van der Waals surface area contributed by atoms with E-state index in [2.05, 4.69) is 42.9 Å². The lowest BCUT2D eigenvalue weighted by molar-refractivity contribution is 0.122. The normalized spacial score (nSPS) is 19.6. The average Bonchev–Trinajstić information content (AvgIpc) is 3.26. The third kappa shape index (κ3) is 3.50. The van der Waals surface area contributed by atoms with Gasteiger partial charge in [-0.25, -0.2) is 9.97 Å². The third-order valence-electron chi connectivity index (χ3n) is 5.68. The van der Waals surface area contributed by atoms with E-state index in [4.69, 9.17) is 9.72 Å². The van der Waals surface area contributed by atoms with Gasteiger partial charge in [0.15, 0.2) is 0 Å². The van der Waals surface area contributed by atoms with Gasteiger partial charge in [-0.05, 0) is 17.7 Å². The van der Waals surface area contributed by atoms with Crippen LogP contribution >= 0.6 is 0 Å². The summed E-state index contributed by atoms with van der Waals surface area (Å²) in [6.07, 6.45) is 3.91. The van der Waals surface area contributed by atoms with Crippen molar-refractivity contribution in [1.29, 1.82) is 0 Å². The van der Waals surface area contributed by atoms with E-state index in [9.17, 15) is 0 Å². The lowest BCUT2D eigenvalue weighted by Gasteiger charge is -2.30. The number of morpholine rings is 1. The monoisotopic (exact) mass is 381 g/mol. The van der Waals surface area contributed by atoms with Gasteiger partial charge in [0.25, 0.3) is 0 Å². The summed E-state index contributed by atoms with van der Waals surface area (Å²) in [4.78, 5) is 14.1. The number of hydrogen-bond acceptors (Lipinski definition) is 8. The van der Waals surface area contributed by atoms with Crippen LogP contribution in [0.1, 0.15) is 11.1 Å². The lowest BCUT2D eigenvalue weighted by atomic mass is 10.1. The Kier molecular flexibility index (Phi) is 4.99. The molecular weight excluding hydrogens is 354 g/mol. The van der Waals surface area contributed by atoms with Gasteiger partial charge in [-0.2, -0.15) is 0 Å². The number of ether oxygens (including phenoxy) is 1. The van der Waals surface area contributed by atoms with Crippen LogP contribution in [0.5, 0.6) is 0 Å². The zero-order valence-corrected chi connectivity index (χ0v) is 16.1. The van der Waals surface area contributed by atoms with E-state index in [1.165, 1.54) is 16.8 Å². The largest absolute Gasteiger partial charge is 0.378 e. The summed E-state index contributed by atoms with van der Waals surface area (Å²) in [6, 6.07) is 4.21. The van der Waals surface area contributed by atoms with Crippen LogP contribution < -0.4 is 25.8 Å². The minimum Gasteiger partial charge on any atom is -0.378 e. The number of pyridine rings is 2. The number of aromatic nitrogens is 2. The molecule has 148 valence electrons. The molecule has 0 amide bonds.